The van der Waals surface area contributed by atoms with Gasteiger partial charge in [-0.3, -0.25) is 4.79 Å². The number of rotatable bonds is 4. The number of amides is 1. The predicted octanol–water partition coefficient (Wildman–Crippen LogP) is 3.47. The first-order valence-corrected chi connectivity index (χ1v) is 10.2. The molecule has 2 aliphatic heterocycles. The van der Waals surface area contributed by atoms with Gasteiger partial charge in [0.1, 0.15) is 5.82 Å². The maximum Gasteiger partial charge on any atom is 0.225 e. The lowest BCUT2D eigenvalue weighted by Crippen LogP contribution is -2.61. The van der Waals surface area contributed by atoms with Crippen LogP contribution in [-0.4, -0.2) is 38.1 Å². The minimum Gasteiger partial charge on any atom is -0.368 e. The maximum atomic E-state index is 13.3. The van der Waals surface area contributed by atoms with E-state index in [4.69, 9.17) is 0 Å². The molecule has 4 nitrogen and oxygen atoms in total. The standard InChI is InChI=1S/C23H28FN3O/c1-16(2)14-25-23(28)20-13-17-5-3-4-6-21(17)27-12-11-26(15-22(20)27)19-9-7-18(24)8-10-19/h3-10,16,20,22H,11-15H2,1-2H3,(H,25,28)/t20-,22-/m1/s1. The molecule has 1 fully saturated rings. The molecule has 2 aromatic carbocycles. The van der Waals surface area contributed by atoms with Crippen LogP contribution < -0.4 is 15.1 Å². The molecule has 1 N–H and O–H groups in total. The molecule has 0 saturated carbocycles. The van der Waals surface area contributed by atoms with Crippen LogP contribution in [0.2, 0.25) is 0 Å². The molecule has 148 valence electrons. The highest BCUT2D eigenvalue weighted by Crippen LogP contribution is 2.36. The van der Waals surface area contributed by atoms with Crippen LogP contribution in [-0.2, 0) is 11.2 Å². The number of piperazine rings is 1. The van der Waals surface area contributed by atoms with Crippen molar-refractivity contribution >= 4 is 17.3 Å². The maximum absolute atomic E-state index is 13.3. The van der Waals surface area contributed by atoms with Gasteiger partial charge in [-0.2, -0.15) is 0 Å². The zero-order chi connectivity index (χ0) is 19.7. The van der Waals surface area contributed by atoms with Gasteiger partial charge in [0, 0.05) is 37.6 Å². The molecular weight excluding hydrogens is 353 g/mol. The predicted molar refractivity (Wildman–Crippen MR) is 111 cm³/mol. The number of benzene rings is 2. The fourth-order valence-electron chi connectivity index (χ4n) is 4.38. The highest BCUT2D eigenvalue weighted by molar-refractivity contribution is 5.82. The number of para-hydroxylation sites is 1. The van der Waals surface area contributed by atoms with Crippen molar-refractivity contribution in [2.24, 2.45) is 11.8 Å². The molecule has 2 heterocycles. The molecule has 2 aromatic rings. The number of anilines is 2. The van der Waals surface area contributed by atoms with E-state index in [9.17, 15) is 9.18 Å². The van der Waals surface area contributed by atoms with E-state index in [1.807, 2.05) is 12.1 Å². The highest BCUT2D eigenvalue weighted by atomic mass is 19.1. The molecule has 5 heteroatoms. The normalized spacial score (nSPS) is 21.3. The van der Waals surface area contributed by atoms with Gasteiger partial charge >= 0.3 is 0 Å². The van der Waals surface area contributed by atoms with Crippen molar-refractivity contribution in [3.8, 4) is 0 Å². The largest absolute Gasteiger partial charge is 0.368 e. The monoisotopic (exact) mass is 381 g/mol. The van der Waals surface area contributed by atoms with Gasteiger partial charge in [-0.15, -0.1) is 0 Å². The van der Waals surface area contributed by atoms with Gasteiger partial charge < -0.3 is 15.1 Å². The second-order valence-electron chi connectivity index (χ2n) is 8.26. The summed E-state index contributed by atoms with van der Waals surface area (Å²) in [6.07, 6.45) is 0.762. The molecule has 0 aliphatic carbocycles. The van der Waals surface area contributed by atoms with E-state index < -0.39 is 0 Å². The van der Waals surface area contributed by atoms with Gasteiger partial charge in [0.05, 0.1) is 12.0 Å². The summed E-state index contributed by atoms with van der Waals surface area (Å²) >= 11 is 0. The molecule has 0 spiro atoms. The summed E-state index contributed by atoms with van der Waals surface area (Å²) in [5.74, 6) is 0.258. The molecule has 2 atom stereocenters. The number of nitrogens with zero attached hydrogens (tertiary/aromatic N) is 2. The summed E-state index contributed by atoms with van der Waals surface area (Å²) in [6, 6.07) is 15.2. The van der Waals surface area contributed by atoms with Crippen LogP contribution >= 0.6 is 0 Å². The summed E-state index contributed by atoms with van der Waals surface area (Å²) in [7, 11) is 0. The first kappa shape index (κ1) is 18.8. The first-order chi connectivity index (χ1) is 13.5. The highest BCUT2D eigenvalue weighted by Gasteiger charge is 2.41. The molecule has 0 unspecified atom stereocenters. The Hall–Kier alpha value is -2.56. The third kappa shape index (κ3) is 3.71. The summed E-state index contributed by atoms with van der Waals surface area (Å²) < 4.78 is 13.3. The molecule has 0 bridgehead atoms. The second-order valence-corrected chi connectivity index (χ2v) is 8.26. The molecule has 1 saturated heterocycles. The van der Waals surface area contributed by atoms with Crippen molar-refractivity contribution in [1.29, 1.82) is 0 Å². The fourth-order valence-corrected chi connectivity index (χ4v) is 4.38. The Morgan fingerprint density at radius 3 is 2.64 bits per heavy atom. The lowest BCUT2D eigenvalue weighted by molar-refractivity contribution is -0.126. The molecule has 28 heavy (non-hydrogen) atoms. The zero-order valence-electron chi connectivity index (χ0n) is 16.6. The van der Waals surface area contributed by atoms with Gasteiger partial charge in [-0.1, -0.05) is 32.0 Å². The Morgan fingerprint density at radius 2 is 1.89 bits per heavy atom. The third-order valence-corrected chi connectivity index (χ3v) is 5.84. The first-order valence-electron chi connectivity index (χ1n) is 10.2. The van der Waals surface area contributed by atoms with Crippen LogP contribution in [0.15, 0.2) is 48.5 Å². The lowest BCUT2D eigenvalue weighted by atomic mass is 9.83. The number of hydrogen-bond donors (Lipinski definition) is 1. The smallest absolute Gasteiger partial charge is 0.225 e. The van der Waals surface area contributed by atoms with Crippen LogP contribution in [0.1, 0.15) is 19.4 Å². The number of fused-ring (bicyclic) bond motifs is 3. The lowest BCUT2D eigenvalue weighted by Gasteiger charge is -2.49. The molecule has 4 rings (SSSR count). The zero-order valence-corrected chi connectivity index (χ0v) is 16.6. The minimum absolute atomic E-state index is 0.0862. The average molecular weight is 381 g/mol. The van der Waals surface area contributed by atoms with E-state index in [1.54, 1.807) is 0 Å². The SMILES string of the molecule is CC(C)CNC(=O)[C@@H]1Cc2ccccc2N2CCN(c3ccc(F)cc3)C[C@H]12. The minimum atomic E-state index is -0.222. The molecule has 0 aromatic heterocycles. The van der Waals surface area contributed by atoms with Gasteiger partial charge in [0.25, 0.3) is 0 Å². The van der Waals surface area contributed by atoms with Crippen molar-refractivity contribution in [2.45, 2.75) is 26.3 Å². The van der Waals surface area contributed by atoms with E-state index in [0.29, 0.717) is 12.5 Å². The van der Waals surface area contributed by atoms with Gasteiger partial charge in [0.15, 0.2) is 0 Å². The summed E-state index contributed by atoms with van der Waals surface area (Å²) in [6.45, 7) is 7.40. The van der Waals surface area contributed by atoms with E-state index in [1.165, 1.54) is 23.4 Å². The van der Waals surface area contributed by atoms with Crippen molar-refractivity contribution in [3.63, 3.8) is 0 Å². The van der Waals surface area contributed by atoms with Crippen LogP contribution in [0, 0.1) is 17.7 Å². The Labute approximate surface area is 166 Å². The van der Waals surface area contributed by atoms with E-state index in [2.05, 4.69) is 53.2 Å². The van der Waals surface area contributed by atoms with Crippen molar-refractivity contribution in [1.82, 2.24) is 5.32 Å². The van der Waals surface area contributed by atoms with Crippen molar-refractivity contribution in [2.75, 3.05) is 36.0 Å². The van der Waals surface area contributed by atoms with Crippen molar-refractivity contribution in [3.05, 3.63) is 59.9 Å². The summed E-state index contributed by atoms with van der Waals surface area (Å²) in [5, 5.41) is 3.14. The third-order valence-electron chi connectivity index (χ3n) is 5.84. The Bertz CT molecular complexity index is 836. The van der Waals surface area contributed by atoms with Gasteiger partial charge in [-0.05, 0) is 48.2 Å². The van der Waals surface area contributed by atoms with E-state index >= 15 is 0 Å². The van der Waals surface area contributed by atoms with Gasteiger partial charge in [-0.25, -0.2) is 4.39 Å². The van der Waals surface area contributed by atoms with Crippen molar-refractivity contribution < 1.29 is 9.18 Å². The topological polar surface area (TPSA) is 35.6 Å². The fraction of sp³-hybridized carbons (Fsp3) is 0.435. The van der Waals surface area contributed by atoms with Gasteiger partial charge in [0.2, 0.25) is 5.91 Å². The average Bonchev–Trinajstić information content (AvgIpc) is 2.71. The Kier molecular flexibility index (Phi) is 5.25. The number of nitrogens with one attached hydrogen (secondary N) is 1. The number of halogens is 1. The molecule has 0 radical (unpaired) electrons. The number of hydrogen-bond acceptors (Lipinski definition) is 3. The second kappa shape index (κ2) is 7.82. The number of carbonyl (C=O) groups is 1. The summed E-state index contributed by atoms with van der Waals surface area (Å²) in [5.41, 5.74) is 3.51. The van der Waals surface area contributed by atoms with Crippen LogP contribution in [0.3, 0.4) is 0 Å². The van der Waals surface area contributed by atoms with E-state index in [0.717, 1.165) is 31.7 Å². The molecule has 1 amide bonds. The number of carbonyl (C=O) groups excluding carboxylic acids is 1. The Morgan fingerprint density at radius 1 is 1.14 bits per heavy atom. The quantitative estimate of drug-likeness (QED) is 0.881. The summed E-state index contributed by atoms with van der Waals surface area (Å²) in [4.78, 5) is 17.7. The Balaban J connectivity index is 1.61. The van der Waals surface area contributed by atoms with Crippen LogP contribution in [0.25, 0.3) is 0 Å². The van der Waals surface area contributed by atoms with Crippen LogP contribution in [0.4, 0.5) is 15.8 Å². The van der Waals surface area contributed by atoms with Crippen LogP contribution in [0.5, 0.6) is 0 Å². The van der Waals surface area contributed by atoms with E-state index in [-0.39, 0.29) is 23.7 Å². The molecular formula is C23H28FN3O. The molecule has 2 aliphatic rings.